The molecule has 1 saturated heterocycles. The summed E-state index contributed by atoms with van der Waals surface area (Å²) in [7, 11) is -3.65. The van der Waals surface area contributed by atoms with E-state index < -0.39 is 16.1 Å². The molecular weight excluding hydrogens is 410 g/mol. The van der Waals surface area contributed by atoms with E-state index in [2.05, 4.69) is 24.0 Å². The molecule has 0 N–H and O–H groups in total. The first-order chi connectivity index (χ1) is 13.9. The van der Waals surface area contributed by atoms with E-state index in [0.29, 0.717) is 35.6 Å². The average molecular weight is 432 g/mol. The SMILES string of the molecule is CC(C)c1ccc(S(=O)(=O)N2CCC[C@@H]2c2nc(-c3ccc(Cl)cc3)no2)cc1. The zero-order valence-electron chi connectivity index (χ0n) is 16.2. The third-order valence-corrected chi connectivity index (χ3v) is 7.36. The number of halogens is 1. The highest BCUT2D eigenvalue weighted by atomic mass is 35.5. The summed E-state index contributed by atoms with van der Waals surface area (Å²) in [6, 6.07) is 13.7. The van der Waals surface area contributed by atoms with E-state index in [-0.39, 0.29) is 4.90 Å². The average Bonchev–Trinajstić information content (AvgIpc) is 3.38. The minimum absolute atomic E-state index is 0.284. The molecule has 1 aliphatic heterocycles. The largest absolute Gasteiger partial charge is 0.337 e. The van der Waals surface area contributed by atoms with Crippen molar-refractivity contribution >= 4 is 21.6 Å². The Kier molecular flexibility index (Phi) is 5.46. The number of hydrogen-bond acceptors (Lipinski definition) is 5. The monoisotopic (exact) mass is 431 g/mol. The molecule has 2 aromatic carbocycles. The van der Waals surface area contributed by atoms with Crippen LogP contribution in [0.2, 0.25) is 5.02 Å². The molecule has 1 aliphatic rings. The number of nitrogens with zero attached hydrogens (tertiary/aromatic N) is 3. The van der Waals surface area contributed by atoms with Gasteiger partial charge in [-0.1, -0.05) is 42.7 Å². The van der Waals surface area contributed by atoms with E-state index in [1.807, 2.05) is 12.1 Å². The van der Waals surface area contributed by atoms with Gasteiger partial charge in [-0.2, -0.15) is 9.29 Å². The van der Waals surface area contributed by atoms with E-state index in [4.69, 9.17) is 16.1 Å². The highest BCUT2D eigenvalue weighted by molar-refractivity contribution is 7.89. The summed E-state index contributed by atoms with van der Waals surface area (Å²) >= 11 is 5.92. The molecule has 3 aromatic rings. The van der Waals surface area contributed by atoms with Crippen LogP contribution in [0.1, 0.15) is 50.1 Å². The molecule has 152 valence electrons. The van der Waals surface area contributed by atoms with Gasteiger partial charge in [0.15, 0.2) is 0 Å². The van der Waals surface area contributed by atoms with Crippen molar-refractivity contribution < 1.29 is 12.9 Å². The highest BCUT2D eigenvalue weighted by Gasteiger charge is 2.39. The van der Waals surface area contributed by atoms with Crippen molar-refractivity contribution in [2.24, 2.45) is 0 Å². The summed E-state index contributed by atoms with van der Waals surface area (Å²) in [5.41, 5.74) is 1.87. The van der Waals surface area contributed by atoms with E-state index >= 15 is 0 Å². The topological polar surface area (TPSA) is 76.3 Å². The molecule has 1 fully saturated rings. The van der Waals surface area contributed by atoms with Crippen molar-refractivity contribution in [3.63, 3.8) is 0 Å². The molecule has 29 heavy (non-hydrogen) atoms. The van der Waals surface area contributed by atoms with Gasteiger partial charge in [-0.05, 0) is 60.7 Å². The molecular formula is C21H22ClN3O3S. The lowest BCUT2D eigenvalue weighted by atomic mass is 10.0. The second-order valence-electron chi connectivity index (χ2n) is 7.46. The van der Waals surface area contributed by atoms with Crippen LogP contribution in [0, 0.1) is 0 Å². The first-order valence-corrected chi connectivity index (χ1v) is 11.4. The van der Waals surface area contributed by atoms with Crippen molar-refractivity contribution in [2.75, 3.05) is 6.54 Å². The fraction of sp³-hybridized carbons (Fsp3) is 0.333. The van der Waals surface area contributed by atoms with Crippen LogP contribution in [0.25, 0.3) is 11.4 Å². The maximum Gasteiger partial charge on any atom is 0.245 e. The summed E-state index contributed by atoms with van der Waals surface area (Å²) in [5, 5.41) is 4.65. The molecule has 0 amide bonds. The predicted octanol–water partition coefficient (Wildman–Crippen LogP) is 5.04. The van der Waals surface area contributed by atoms with Gasteiger partial charge in [0.1, 0.15) is 6.04 Å². The lowest BCUT2D eigenvalue weighted by Crippen LogP contribution is -2.30. The van der Waals surface area contributed by atoms with Crippen molar-refractivity contribution in [3.8, 4) is 11.4 Å². The first-order valence-electron chi connectivity index (χ1n) is 9.57. The highest BCUT2D eigenvalue weighted by Crippen LogP contribution is 2.36. The zero-order valence-corrected chi connectivity index (χ0v) is 17.8. The standard InChI is InChI=1S/C21H22ClN3O3S/c1-14(2)15-7-11-18(12-8-15)29(26,27)25-13-3-4-19(25)21-23-20(24-28-21)16-5-9-17(22)10-6-16/h5-12,14,19H,3-4,13H2,1-2H3/t19-/m1/s1. The minimum atomic E-state index is -3.65. The Hall–Kier alpha value is -2.22. The van der Waals surface area contributed by atoms with Crippen molar-refractivity contribution in [3.05, 3.63) is 65.0 Å². The number of sulfonamides is 1. The van der Waals surface area contributed by atoms with Crippen LogP contribution in [0.4, 0.5) is 0 Å². The lowest BCUT2D eigenvalue weighted by molar-refractivity contribution is 0.290. The van der Waals surface area contributed by atoms with Gasteiger partial charge in [0.2, 0.25) is 21.7 Å². The summed E-state index contributed by atoms with van der Waals surface area (Å²) < 4.78 is 33.4. The third-order valence-electron chi connectivity index (χ3n) is 5.19. The van der Waals surface area contributed by atoms with Crippen LogP contribution >= 0.6 is 11.6 Å². The number of rotatable bonds is 5. The summed E-state index contributed by atoms with van der Waals surface area (Å²) in [4.78, 5) is 4.74. The summed E-state index contributed by atoms with van der Waals surface area (Å²) in [6.45, 7) is 4.58. The molecule has 1 atom stereocenters. The van der Waals surface area contributed by atoms with Gasteiger partial charge in [0.05, 0.1) is 4.90 Å². The Bertz CT molecular complexity index is 1090. The quantitative estimate of drug-likeness (QED) is 0.565. The van der Waals surface area contributed by atoms with Gasteiger partial charge in [-0.15, -0.1) is 0 Å². The van der Waals surface area contributed by atoms with Gasteiger partial charge < -0.3 is 4.52 Å². The molecule has 0 aliphatic carbocycles. The summed E-state index contributed by atoms with van der Waals surface area (Å²) in [5.74, 6) is 1.08. The lowest BCUT2D eigenvalue weighted by Gasteiger charge is -2.21. The minimum Gasteiger partial charge on any atom is -0.337 e. The van der Waals surface area contributed by atoms with Crippen LogP contribution < -0.4 is 0 Å². The van der Waals surface area contributed by atoms with Gasteiger partial charge in [-0.3, -0.25) is 0 Å². The van der Waals surface area contributed by atoms with Crippen molar-refractivity contribution in [2.45, 2.75) is 43.5 Å². The first kappa shape index (κ1) is 20.1. The second kappa shape index (κ2) is 7.89. The molecule has 8 heteroatoms. The van der Waals surface area contributed by atoms with Crippen LogP contribution in [0.15, 0.2) is 57.9 Å². The molecule has 0 radical (unpaired) electrons. The van der Waals surface area contributed by atoms with Gasteiger partial charge >= 0.3 is 0 Å². The molecule has 0 saturated carbocycles. The molecule has 1 aromatic heterocycles. The number of benzene rings is 2. The predicted molar refractivity (Wildman–Crippen MR) is 111 cm³/mol. The second-order valence-corrected chi connectivity index (χ2v) is 9.79. The Balaban J connectivity index is 1.61. The molecule has 4 rings (SSSR count). The van der Waals surface area contributed by atoms with Crippen LogP contribution in [0.5, 0.6) is 0 Å². The van der Waals surface area contributed by atoms with E-state index in [0.717, 1.165) is 17.5 Å². The van der Waals surface area contributed by atoms with E-state index in [1.54, 1.807) is 36.4 Å². The maximum absolute atomic E-state index is 13.2. The van der Waals surface area contributed by atoms with Crippen molar-refractivity contribution in [1.29, 1.82) is 0 Å². The van der Waals surface area contributed by atoms with Crippen LogP contribution in [0.3, 0.4) is 0 Å². The van der Waals surface area contributed by atoms with Gasteiger partial charge in [-0.25, -0.2) is 8.42 Å². The van der Waals surface area contributed by atoms with E-state index in [9.17, 15) is 8.42 Å². The van der Waals surface area contributed by atoms with Gasteiger partial charge in [0.25, 0.3) is 0 Å². The Morgan fingerprint density at radius 1 is 1.10 bits per heavy atom. The third kappa shape index (κ3) is 3.95. The zero-order chi connectivity index (χ0) is 20.6. The Morgan fingerprint density at radius 3 is 2.45 bits per heavy atom. The van der Waals surface area contributed by atoms with Crippen LogP contribution in [-0.2, 0) is 10.0 Å². The number of aromatic nitrogens is 2. The molecule has 0 unspecified atom stereocenters. The normalized spacial score (nSPS) is 17.9. The fourth-order valence-corrected chi connectivity index (χ4v) is 5.30. The van der Waals surface area contributed by atoms with Crippen molar-refractivity contribution in [1.82, 2.24) is 14.4 Å². The van der Waals surface area contributed by atoms with E-state index in [1.165, 1.54) is 4.31 Å². The van der Waals surface area contributed by atoms with Gasteiger partial charge in [0, 0.05) is 17.1 Å². The molecule has 2 heterocycles. The smallest absolute Gasteiger partial charge is 0.245 e. The number of hydrogen-bond donors (Lipinski definition) is 0. The fourth-order valence-electron chi connectivity index (χ4n) is 3.52. The Labute approximate surface area is 175 Å². The Morgan fingerprint density at radius 2 is 1.79 bits per heavy atom. The molecule has 0 spiro atoms. The molecule has 0 bridgehead atoms. The van der Waals surface area contributed by atoms with Crippen LogP contribution in [-0.4, -0.2) is 29.4 Å². The maximum atomic E-state index is 13.2. The summed E-state index contributed by atoms with van der Waals surface area (Å²) in [6.07, 6.45) is 1.39. The molecule has 6 nitrogen and oxygen atoms in total.